The molecule has 29 heavy (non-hydrogen) atoms. The fourth-order valence-corrected chi connectivity index (χ4v) is 2.58. The number of methoxy groups -OCH3 is 4. The van der Waals surface area contributed by atoms with E-state index in [0.717, 1.165) is 0 Å². The molecular formula is C20H23N3O6. The number of hydrogen-bond donors (Lipinski definition) is 3. The van der Waals surface area contributed by atoms with Crippen molar-refractivity contribution < 1.29 is 28.5 Å². The molecule has 0 aliphatic heterocycles. The molecule has 2 amide bonds. The van der Waals surface area contributed by atoms with E-state index in [1.54, 1.807) is 24.3 Å². The van der Waals surface area contributed by atoms with Crippen LogP contribution < -0.4 is 35.5 Å². The Kier molecular flexibility index (Phi) is 7.44. The third-order valence-electron chi connectivity index (χ3n) is 3.99. The van der Waals surface area contributed by atoms with Gasteiger partial charge in [0.15, 0.2) is 11.5 Å². The van der Waals surface area contributed by atoms with Crippen LogP contribution >= 0.6 is 0 Å². The number of ether oxygens (including phenoxy) is 4. The maximum absolute atomic E-state index is 12.8. The highest BCUT2D eigenvalue weighted by atomic mass is 16.5. The number of nitrogens with two attached hydrogens (primary N) is 1. The highest BCUT2D eigenvalue weighted by Gasteiger charge is 2.19. The van der Waals surface area contributed by atoms with Gasteiger partial charge in [0.2, 0.25) is 5.75 Å². The summed E-state index contributed by atoms with van der Waals surface area (Å²) in [6.07, 6.45) is 1.46. The SMILES string of the molecule is COc1ccccc1/C=C(/NC(=O)c1cc(OC)c(OC)c(OC)c1)C(=O)NN. The zero-order valence-corrected chi connectivity index (χ0v) is 16.6. The number of carbonyl (C=O) groups excluding carboxylic acids is 2. The van der Waals surface area contributed by atoms with Crippen LogP contribution in [-0.4, -0.2) is 40.3 Å². The van der Waals surface area contributed by atoms with Crippen molar-refractivity contribution in [2.45, 2.75) is 0 Å². The van der Waals surface area contributed by atoms with Gasteiger partial charge in [0, 0.05) is 11.1 Å². The van der Waals surface area contributed by atoms with E-state index in [4.69, 9.17) is 24.8 Å². The number of amides is 2. The molecule has 0 heterocycles. The molecular weight excluding hydrogens is 378 g/mol. The zero-order valence-electron chi connectivity index (χ0n) is 16.6. The van der Waals surface area contributed by atoms with Gasteiger partial charge in [-0.25, -0.2) is 5.84 Å². The van der Waals surface area contributed by atoms with Crippen LogP contribution in [0, 0.1) is 0 Å². The largest absolute Gasteiger partial charge is 0.496 e. The first-order valence-corrected chi connectivity index (χ1v) is 8.46. The first-order valence-electron chi connectivity index (χ1n) is 8.46. The van der Waals surface area contributed by atoms with E-state index < -0.39 is 11.8 Å². The Morgan fingerprint density at radius 1 is 0.897 bits per heavy atom. The van der Waals surface area contributed by atoms with Crippen LogP contribution in [0.4, 0.5) is 0 Å². The van der Waals surface area contributed by atoms with E-state index >= 15 is 0 Å². The maximum Gasteiger partial charge on any atom is 0.281 e. The van der Waals surface area contributed by atoms with Gasteiger partial charge in [-0.3, -0.25) is 15.0 Å². The standard InChI is InChI=1S/C20H23N3O6/c1-26-15-8-6-5-7-12(15)9-14(20(25)23-21)22-19(24)13-10-16(27-2)18(29-4)17(11-13)28-3/h5-11H,21H2,1-4H3,(H,22,24)(H,23,25)/b14-9+. The van der Waals surface area contributed by atoms with Gasteiger partial charge < -0.3 is 24.3 Å². The Balaban J connectivity index is 2.43. The molecule has 4 N–H and O–H groups in total. The van der Waals surface area contributed by atoms with Crippen LogP contribution in [0.15, 0.2) is 42.1 Å². The predicted molar refractivity (Wildman–Crippen MR) is 107 cm³/mol. The monoisotopic (exact) mass is 401 g/mol. The first kappa shape index (κ1) is 21.6. The minimum absolute atomic E-state index is 0.0734. The highest BCUT2D eigenvalue weighted by molar-refractivity contribution is 6.05. The molecule has 154 valence electrons. The molecule has 2 aromatic carbocycles. The minimum atomic E-state index is -0.684. The molecule has 0 aliphatic carbocycles. The molecule has 0 atom stereocenters. The molecule has 0 aromatic heterocycles. The van der Waals surface area contributed by atoms with Crippen LogP contribution in [0.5, 0.6) is 23.0 Å². The van der Waals surface area contributed by atoms with E-state index in [0.29, 0.717) is 28.6 Å². The minimum Gasteiger partial charge on any atom is -0.496 e. The number of para-hydroxylation sites is 1. The highest BCUT2D eigenvalue weighted by Crippen LogP contribution is 2.38. The van der Waals surface area contributed by atoms with Crippen molar-refractivity contribution >= 4 is 17.9 Å². The topological polar surface area (TPSA) is 121 Å². The predicted octanol–water partition coefficient (Wildman–Crippen LogP) is 1.48. The fraction of sp³-hybridized carbons (Fsp3) is 0.200. The summed E-state index contributed by atoms with van der Waals surface area (Å²) >= 11 is 0. The van der Waals surface area contributed by atoms with Crippen LogP contribution in [-0.2, 0) is 4.79 Å². The molecule has 9 nitrogen and oxygen atoms in total. The average Bonchev–Trinajstić information content (AvgIpc) is 2.76. The van der Waals surface area contributed by atoms with Crippen molar-refractivity contribution in [3.63, 3.8) is 0 Å². The summed E-state index contributed by atoms with van der Waals surface area (Å²) in [6.45, 7) is 0. The van der Waals surface area contributed by atoms with Crippen LogP contribution in [0.25, 0.3) is 6.08 Å². The van der Waals surface area contributed by atoms with E-state index in [1.165, 1.54) is 46.6 Å². The smallest absolute Gasteiger partial charge is 0.281 e. The quantitative estimate of drug-likeness (QED) is 0.265. The molecule has 0 saturated carbocycles. The van der Waals surface area contributed by atoms with Gasteiger partial charge in [0.25, 0.3) is 11.8 Å². The van der Waals surface area contributed by atoms with Gasteiger partial charge in [-0.05, 0) is 24.3 Å². The van der Waals surface area contributed by atoms with Crippen molar-refractivity contribution in [2.24, 2.45) is 5.84 Å². The van der Waals surface area contributed by atoms with Crippen molar-refractivity contribution in [3.05, 3.63) is 53.2 Å². The second kappa shape index (κ2) is 10.00. The average molecular weight is 401 g/mol. The van der Waals surface area contributed by atoms with Crippen molar-refractivity contribution in [1.29, 1.82) is 0 Å². The molecule has 2 rings (SSSR count). The molecule has 0 fully saturated rings. The third kappa shape index (κ3) is 4.96. The van der Waals surface area contributed by atoms with Crippen LogP contribution in [0.3, 0.4) is 0 Å². The molecule has 0 spiro atoms. The van der Waals surface area contributed by atoms with E-state index in [1.807, 2.05) is 5.43 Å². The van der Waals surface area contributed by atoms with Gasteiger partial charge in [0.1, 0.15) is 11.4 Å². The van der Waals surface area contributed by atoms with Crippen molar-refractivity contribution in [2.75, 3.05) is 28.4 Å². The number of hydrazine groups is 1. The lowest BCUT2D eigenvalue weighted by Crippen LogP contribution is -2.38. The first-order chi connectivity index (χ1) is 14.0. The van der Waals surface area contributed by atoms with E-state index in [-0.39, 0.29) is 11.3 Å². The molecule has 0 radical (unpaired) electrons. The Hall–Kier alpha value is -3.72. The summed E-state index contributed by atoms with van der Waals surface area (Å²) in [5.74, 6) is 5.47. The van der Waals surface area contributed by atoms with Gasteiger partial charge in [-0.15, -0.1) is 0 Å². The zero-order chi connectivity index (χ0) is 21.4. The number of benzene rings is 2. The second-order valence-electron chi connectivity index (χ2n) is 5.64. The summed E-state index contributed by atoms with van der Waals surface area (Å²) in [5, 5.41) is 2.55. The van der Waals surface area contributed by atoms with E-state index in [9.17, 15) is 9.59 Å². The summed E-state index contributed by atoms with van der Waals surface area (Å²) in [5.41, 5.74) is 2.71. The lowest BCUT2D eigenvalue weighted by Gasteiger charge is -2.15. The number of rotatable bonds is 8. The summed E-state index contributed by atoms with van der Waals surface area (Å²) in [4.78, 5) is 25.0. The Labute approximate surface area is 168 Å². The fourth-order valence-electron chi connectivity index (χ4n) is 2.58. The Morgan fingerprint density at radius 2 is 1.48 bits per heavy atom. The van der Waals surface area contributed by atoms with Gasteiger partial charge >= 0.3 is 0 Å². The molecule has 0 aliphatic rings. The number of carbonyl (C=O) groups is 2. The summed E-state index contributed by atoms with van der Waals surface area (Å²) in [7, 11) is 5.84. The van der Waals surface area contributed by atoms with Crippen molar-refractivity contribution in [1.82, 2.24) is 10.7 Å². The van der Waals surface area contributed by atoms with Gasteiger partial charge in [-0.1, -0.05) is 18.2 Å². The van der Waals surface area contributed by atoms with E-state index in [2.05, 4.69) is 5.32 Å². The summed E-state index contributed by atoms with van der Waals surface area (Å²) < 4.78 is 21.0. The van der Waals surface area contributed by atoms with Crippen molar-refractivity contribution in [3.8, 4) is 23.0 Å². The third-order valence-corrected chi connectivity index (χ3v) is 3.99. The molecule has 2 aromatic rings. The lowest BCUT2D eigenvalue weighted by atomic mass is 10.1. The van der Waals surface area contributed by atoms with Crippen LogP contribution in [0.1, 0.15) is 15.9 Å². The van der Waals surface area contributed by atoms with Gasteiger partial charge in [-0.2, -0.15) is 0 Å². The number of nitrogens with one attached hydrogen (secondary N) is 2. The molecule has 0 bridgehead atoms. The summed E-state index contributed by atoms with van der Waals surface area (Å²) in [6, 6.07) is 9.95. The maximum atomic E-state index is 12.8. The number of hydrogen-bond acceptors (Lipinski definition) is 7. The Bertz CT molecular complexity index is 901. The Morgan fingerprint density at radius 3 is 2.00 bits per heavy atom. The normalized spacial score (nSPS) is 10.7. The van der Waals surface area contributed by atoms with Gasteiger partial charge in [0.05, 0.1) is 28.4 Å². The second-order valence-corrected chi connectivity index (χ2v) is 5.64. The molecule has 9 heteroatoms. The van der Waals surface area contributed by atoms with Crippen LogP contribution in [0.2, 0.25) is 0 Å². The molecule has 0 saturated heterocycles. The lowest BCUT2D eigenvalue weighted by molar-refractivity contribution is -0.117. The molecule has 0 unspecified atom stereocenters.